The monoisotopic (exact) mass is 373 g/mol. The van der Waals surface area contributed by atoms with Crippen LogP contribution in [0.2, 0.25) is 0 Å². The van der Waals surface area contributed by atoms with Crippen LogP contribution in [0.5, 0.6) is 0 Å². The molecule has 2 aromatic rings. The highest BCUT2D eigenvalue weighted by Gasteiger charge is 2.20. The number of anilines is 2. The Kier molecular flexibility index (Phi) is 4.86. The molecule has 5 heteroatoms. The highest BCUT2D eigenvalue weighted by Crippen LogP contribution is 2.28. The van der Waals surface area contributed by atoms with Crippen LogP contribution in [-0.2, 0) is 11.3 Å². The fourth-order valence-electron chi connectivity index (χ4n) is 2.76. The number of para-hydroxylation sites is 2. The molecular formula is C18H20BrN3O. The number of nitrogens with one attached hydrogen (secondary N) is 1. The molecule has 1 aliphatic rings. The lowest BCUT2D eigenvalue weighted by atomic mass is 10.2. The van der Waals surface area contributed by atoms with Gasteiger partial charge in [0, 0.05) is 31.2 Å². The van der Waals surface area contributed by atoms with Crippen LogP contribution in [0, 0.1) is 0 Å². The van der Waals surface area contributed by atoms with Gasteiger partial charge in [0.15, 0.2) is 0 Å². The Bertz CT molecular complexity index is 704. The van der Waals surface area contributed by atoms with E-state index in [1.165, 1.54) is 0 Å². The first kappa shape index (κ1) is 15.9. The van der Waals surface area contributed by atoms with Crippen molar-refractivity contribution >= 4 is 33.2 Å². The lowest BCUT2D eigenvalue weighted by Gasteiger charge is -2.32. The van der Waals surface area contributed by atoms with Gasteiger partial charge in [-0.3, -0.25) is 4.79 Å². The van der Waals surface area contributed by atoms with Gasteiger partial charge >= 0.3 is 0 Å². The van der Waals surface area contributed by atoms with E-state index in [-0.39, 0.29) is 5.91 Å². The molecule has 1 N–H and O–H groups in total. The van der Waals surface area contributed by atoms with Gasteiger partial charge in [0.1, 0.15) is 0 Å². The van der Waals surface area contributed by atoms with Crippen LogP contribution in [-0.4, -0.2) is 37.5 Å². The molecule has 3 rings (SSSR count). The van der Waals surface area contributed by atoms with Crippen molar-refractivity contribution in [3.05, 3.63) is 58.6 Å². The summed E-state index contributed by atoms with van der Waals surface area (Å²) in [4.78, 5) is 16.5. The highest BCUT2D eigenvalue weighted by molar-refractivity contribution is 9.10. The summed E-state index contributed by atoms with van der Waals surface area (Å²) in [7, 11) is 1.86. The smallest absolute Gasteiger partial charge is 0.242 e. The van der Waals surface area contributed by atoms with E-state index in [2.05, 4.69) is 38.3 Å². The number of benzene rings is 2. The normalized spacial score (nSPS) is 13.2. The molecule has 1 heterocycles. The van der Waals surface area contributed by atoms with Crippen LogP contribution >= 0.6 is 15.9 Å². The molecule has 0 saturated heterocycles. The van der Waals surface area contributed by atoms with E-state index >= 15 is 0 Å². The third-order valence-electron chi connectivity index (χ3n) is 4.06. The zero-order valence-electron chi connectivity index (χ0n) is 13.1. The average Bonchev–Trinajstić information content (AvgIpc) is 2.57. The van der Waals surface area contributed by atoms with Crippen molar-refractivity contribution in [2.45, 2.75) is 6.54 Å². The number of nitrogens with zero attached hydrogens (tertiary/aromatic N) is 2. The summed E-state index contributed by atoms with van der Waals surface area (Å²) in [5.74, 6) is 0.123. The number of halogens is 1. The first-order chi connectivity index (χ1) is 11.1. The molecule has 0 aliphatic carbocycles. The van der Waals surface area contributed by atoms with E-state index in [9.17, 15) is 4.79 Å². The Balaban J connectivity index is 1.67. The summed E-state index contributed by atoms with van der Waals surface area (Å²) < 4.78 is 1.03. The number of rotatable bonds is 4. The summed E-state index contributed by atoms with van der Waals surface area (Å²) >= 11 is 3.54. The van der Waals surface area contributed by atoms with Gasteiger partial charge < -0.3 is 15.1 Å². The minimum absolute atomic E-state index is 0.123. The molecule has 0 saturated carbocycles. The van der Waals surface area contributed by atoms with Crippen LogP contribution in [0.25, 0.3) is 0 Å². The average molecular weight is 374 g/mol. The molecule has 23 heavy (non-hydrogen) atoms. The number of carbonyl (C=O) groups is 1. The zero-order valence-corrected chi connectivity index (χ0v) is 14.7. The van der Waals surface area contributed by atoms with E-state index in [1.807, 2.05) is 43.4 Å². The van der Waals surface area contributed by atoms with Crippen molar-refractivity contribution in [1.82, 2.24) is 4.90 Å². The summed E-state index contributed by atoms with van der Waals surface area (Å²) in [5, 5.41) is 3.37. The topological polar surface area (TPSA) is 35.6 Å². The van der Waals surface area contributed by atoms with E-state index in [0.29, 0.717) is 13.1 Å². The van der Waals surface area contributed by atoms with Crippen LogP contribution in [0.1, 0.15) is 5.56 Å². The van der Waals surface area contributed by atoms with Gasteiger partial charge in [0.25, 0.3) is 0 Å². The third-order valence-corrected chi connectivity index (χ3v) is 4.83. The van der Waals surface area contributed by atoms with Crippen LogP contribution < -0.4 is 10.2 Å². The van der Waals surface area contributed by atoms with Crippen molar-refractivity contribution in [2.24, 2.45) is 0 Å². The molecule has 0 spiro atoms. The second-order valence-corrected chi connectivity index (χ2v) is 6.56. The van der Waals surface area contributed by atoms with Gasteiger partial charge in [0.05, 0.1) is 17.9 Å². The quantitative estimate of drug-likeness (QED) is 0.892. The van der Waals surface area contributed by atoms with E-state index in [0.717, 1.165) is 34.5 Å². The number of amides is 1. The summed E-state index contributed by atoms with van der Waals surface area (Å²) in [5.41, 5.74) is 3.31. The fourth-order valence-corrected chi connectivity index (χ4v) is 3.17. The molecular weight excluding hydrogens is 354 g/mol. The van der Waals surface area contributed by atoms with Crippen molar-refractivity contribution < 1.29 is 4.79 Å². The summed E-state index contributed by atoms with van der Waals surface area (Å²) in [6.45, 7) is 2.71. The molecule has 120 valence electrons. The van der Waals surface area contributed by atoms with Crippen molar-refractivity contribution in [3.8, 4) is 0 Å². The van der Waals surface area contributed by atoms with Crippen molar-refractivity contribution in [2.75, 3.05) is 36.9 Å². The standard InChI is InChI=1S/C18H20BrN3O/c1-21(12-14-6-2-3-7-15(14)19)18(23)13-22-11-10-20-16-8-4-5-9-17(16)22/h2-9,20H,10-13H2,1H3. The van der Waals surface area contributed by atoms with Gasteiger partial charge in [-0.05, 0) is 23.8 Å². The second-order valence-electron chi connectivity index (χ2n) is 5.71. The third kappa shape index (κ3) is 3.67. The minimum Gasteiger partial charge on any atom is -0.382 e. The van der Waals surface area contributed by atoms with Gasteiger partial charge in [-0.25, -0.2) is 0 Å². The fraction of sp³-hybridized carbons (Fsp3) is 0.278. The van der Waals surface area contributed by atoms with E-state index in [4.69, 9.17) is 0 Å². The Labute approximate surface area is 145 Å². The van der Waals surface area contributed by atoms with Gasteiger partial charge in [-0.1, -0.05) is 46.3 Å². The Morgan fingerprint density at radius 2 is 1.96 bits per heavy atom. The molecule has 0 unspecified atom stereocenters. The maximum Gasteiger partial charge on any atom is 0.242 e. The van der Waals surface area contributed by atoms with Crippen molar-refractivity contribution in [1.29, 1.82) is 0 Å². The van der Waals surface area contributed by atoms with Gasteiger partial charge in [-0.2, -0.15) is 0 Å². The maximum atomic E-state index is 12.6. The number of hydrogen-bond donors (Lipinski definition) is 1. The van der Waals surface area contributed by atoms with E-state index < -0.39 is 0 Å². The predicted molar refractivity (Wildman–Crippen MR) is 97.8 cm³/mol. The lowest BCUT2D eigenvalue weighted by Crippen LogP contribution is -2.42. The number of likely N-dealkylation sites (N-methyl/N-ethyl adjacent to an activating group) is 1. The van der Waals surface area contributed by atoms with Crippen molar-refractivity contribution in [3.63, 3.8) is 0 Å². The Morgan fingerprint density at radius 1 is 1.22 bits per heavy atom. The highest BCUT2D eigenvalue weighted by atomic mass is 79.9. The molecule has 4 nitrogen and oxygen atoms in total. The second kappa shape index (κ2) is 7.04. The Morgan fingerprint density at radius 3 is 2.78 bits per heavy atom. The SMILES string of the molecule is CN(Cc1ccccc1Br)C(=O)CN1CCNc2ccccc21. The van der Waals surface area contributed by atoms with E-state index in [1.54, 1.807) is 4.90 Å². The van der Waals surface area contributed by atoms with Crippen LogP contribution in [0.4, 0.5) is 11.4 Å². The zero-order chi connectivity index (χ0) is 16.2. The largest absolute Gasteiger partial charge is 0.382 e. The summed E-state index contributed by atoms with van der Waals surface area (Å²) in [6, 6.07) is 16.1. The van der Waals surface area contributed by atoms with Crippen LogP contribution in [0.3, 0.4) is 0 Å². The molecule has 1 amide bonds. The van der Waals surface area contributed by atoms with Gasteiger partial charge in [-0.15, -0.1) is 0 Å². The number of hydrogen-bond acceptors (Lipinski definition) is 3. The number of fused-ring (bicyclic) bond motifs is 1. The first-order valence-electron chi connectivity index (χ1n) is 7.70. The maximum absolute atomic E-state index is 12.6. The molecule has 0 atom stereocenters. The van der Waals surface area contributed by atoms with Crippen LogP contribution in [0.15, 0.2) is 53.0 Å². The molecule has 0 fully saturated rings. The lowest BCUT2D eigenvalue weighted by molar-refractivity contribution is -0.128. The molecule has 1 aliphatic heterocycles. The Hall–Kier alpha value is -2.01. The van der Waals surface area contributed by atoms with Gasteiger partial charge in [0.2, 0.25) is 5.91 Å². The molecule has 0 radical (unpaired) electrons. The minimum atomic E-state index is 0.123. The molecule has 0 bridgehead atoms. The first-order valence-corrected chi connectivity index (χ1v) is 8.49. The summed E-state index contributed by atoms with van der Waals surface area (Å²) in [6.07, 6.45) is 0. The number of carbonyl (C=O) groups excluding carboxylic acids is 1. The molecule has 0 aromatic heterocycles. The molecule has 2 aromatic carbocycles. The predicted octanol–water partition coefficient (Wildman–Crippen LogP) is 3.34.